The minimum atomic E-state index is -4.43. The summed E-state index contributed by atoms with van der Waals surface area (Å²) in [5.41, 5.74) is 2.23. The van der Waals surface area contributed by atoms with Crippen LogP contribution in [0, 0.1) is 13.8 Å². The number of ether oxygens (including phenoxy) is 2. The first-order valence-electron chi connectivity index (χ1n) is 13.7. The van der Waals surface area contributed by atoms with Gasteiger partial charge in [-0.1, -0.05) is 29.8 Å². The summed E-state index contributed by atoms with van der Waals surface area (Å²) in [6.07, 6.45) is -4.04. The molecule has 0 aliphatic carbocycles. The van der Waals surface area contributed by atoms with Crippen molar-refractivity contribution in [3.8, 4) is 17.2 Å². The van der Waals surface area contributed by atoms with E-state index in [2.05, 4.69) is 9.71 Å². The second-order valence-corrected chi connectivity index (χ2v) is 11.6. The highest BCUT2D eigenvalue weighted by Crippen LogP contribution is 2.31. The van der Waals surface area contributed by atoms with E-state index in [0.29, 0.717) is 40.4 Å². The molecule has 1 heterocycles. The standard InChI is InChI=1S/C31H32F3N3O6S/c1-4-41-29(38)20-37(44(39,40)36-26-13-5-21(2)6-14-26)19-23-7-15-27(16-8-23)42-18-17-28-22(3)43-30(35-28)24-9-11-25(12-10-24)31(32,33)34/h5-16,36H,4,17-20H2,1-3H3. The first-order valence-corrected chi connectivity index (χ1v) is 15.1. The van der Waals surface area contributed by atoms with Crippen LogP contribution >= 0.6 is 0 Å². The van der Waals surface area contributed by atoms with Crippen molar-refractivity contribution < 1.29 is 40.3 Å². The van der Waals surface area contributed by atoms with Crippen molar-refractivity contribution in [3.05, 3.63) is 101 Å². The van der Waals surface area contributed by atoms with Crippen molar-refractivity contribution in [2.24, 2.45) is 0 Å². The summed E-state index contributed by atoms with van der Waals surface area (Å²) in [4.78, 5) is 16.6. The Bertz CT molecular complexity index is 1650. The predicted molar refractivity (Wildman–Crippen MR) is 158 cm³/mol. The first kappa shape index (κ1) is 32.6. The van der Waals surface area contributed by atoms with Gasteiger partial charge in [0.25, 0.3) is 0 Å². The normalized spacial score (nSPS) is 11.9. The van der Waals surface area contributed by atoms with Gasteiger partial charge in [0.05, 0.1) is 24.5 Å². The zero-order chi connectivity index (χ0) is 31.9. The van der Waals surface area contributed by atoms with Gasteiger partial charge in [0.1, 0.15) is 18.1 Å². The van der Waals surface area contributed by atoms with Crippen LogP contribution in [0.5, 0.6) is 5.75 Å². The molecule has 13 heteroatoms. The Balaban J connectivity index is 1.37. The minimum absolute atomic E-state index is 0.0921. The monoisotopic (exact) mass is 631 g/mol. The Labute approximate surface area is 253 Å². The van der Waals surface area contributed by atoms with Crippen LogP contribution in [0.3, 0.4) is 0 Å². The molecule has 44 heavy (non-hydrogen) atoms. The minimum Gasteiger partial charge on any atom is -0.493 e. The van der Waals surface area contributed by atoms with E-state index in [4.69, 9.17) is 13.9 Å². The molecule has 0 spiro atoms. The number of aromatic nitrogens is 1. The highest BCUT2D eigenvalue weighted by Gasteiger charge is 2.30. The largest absolute Gasteiger partial charge is 0.493 e. The van der Waals surface area contributed by atoms with E-state index in [1.54, 1.807) is 62.4 Å². The van der Waals surface area contributed by atoms with Gasteiger partial charge in [-0.2, -0.15) is 25.9 Å². The molecule has 4 aromatic rings. The third-order valence-electron chi connectivity index (χ3n) is 6.49. The van der Waals surface area contributed by atoms with Gasteiger partial charge in [0.15, 0.2) is 0 Å². The summed E-state index contributed by atoms with van der Waals surface area (Å²) in [7, 11) is -4.10. The van der Waals surface area contributed by atoms with Crippen molar-refractivity contribution in [2.75, 3.05) is 24.5 Å². The quantitative estimate of drug-likeness (QED) is 0.172. The summed E-state index contributed by atoms with van der Waals surface area (Å²) in [5.74, 6) is 0.595. The fraction of sp³-hybridized carbons (Fsp3) is 0.290. The lowest BCUT2D eigenvalue weighted by atomic mass is 10.1. The average Bonchev–Trinajstić information content (AvgIpc) is 3.34. The van der Waals surface area contributed by atoms with Crippen LogP contribution in [0.1, 0.15) is 35.1 Å². The maximum absolute atomic E-state index is 13.2. The van der Waals surface area contributed by atoms with Crippen LogP contribution in [0.25, 0.3) is 11.5 Å². The fourth-order valence-corrected chi connectivity index (χ4v) is 5.31. The summed E-state index contributed by atoms with van der Waals surface area (Å²) >= 11 is 0. The van der Waals surface area contributed by atoms with Crippen molar-refractivity contribution in [1.29, 1.82) is 0 Å². The number of anilines is 1. The second-order valence-electron chi connectivity index (χ2n) is 9.89. The number of oxazole rings is 1. The van der Waals surface area contributed by atoms with Crippen LogP contribution in [0.2, 0.25) is 0 Å². The number of benzene rings is 3. The summed E-state index contributed by atoms with van der Waals surface area (Å²) in [5, 5.41) is 0. The van der Waals surface area contributed by atoms with Crippen LogP contribution < -0.4 is 9.46 Å². The highest BCUT2D eigenvalue weighted by atomic mass is 32.2. The van der Waals surface area contributed by atoms with Crippen molar-refractivity contribution in [2.45, 2.75) is 39.9 Å². The number of aryl methyl sites for hydroxylation is 2. The van der Waals surface area contributed by atoms with Crippen LogP contribution in [-0.2, 0) is 38.9 Å². The molecular weight excluding hydrogens is 599 g/mol. The molecule has 9 nitrogen and oxygen atoms in total. The molecule has 0 radical (unpaired) electrons. The molecule has 0 amide bonds. The third-order valence-corrected chi connectivity index (χ3v) is 7.92. The molecule has 0 fully saturated rings. The topological polar surface area (TPSA) is 111 Å². The molecule has 0 aliphatic heterocycles. The second kappa shape index (κ2) is 14.0. The maximum Gasteiger partial charge on any atom is 0.416 e. The Morgan fingerprint density at radius 3 is 2.25 bits per heavy atom. The SMILES string of the molecule is CCOC(=O)CN(Cc1ccc(OCCc2nc(-c3ccc(C(F)(F)F)cc3)oc2C)cc1)S(=O)(=O)Nc1ccc(C)cc1. The Kier molecular flexibility index (Phi) is 10.3. The van der Waals surface area contributed by atoms with E-state index in [1.165, 1.54) is 12.1 Å². The number of carbonyl (C=O) groups is 1. The Morgan fingerprint density at radius 1 is 0.977 bits per heavy atom. The number of rotatable bonds is 13. The summed E-state index contributed by atoms with van der Waals surface area (Å²) in [6.45, 7) is 5.04. The molecule has 4 rings (SSSR count). The zero-order valence-electron chi connectivity index (χ0n) is 24.3. The van der Waals surface area contributed by atoms with Gasteiger partial charge in [0.2, 0.25) is 5.89 Å². The van der Waals surface area contributed by atoms with Gasteiger partial charge >= 0.3 is 22.4 Å². The van der Waals surface area contributed by atoms with Crippen LogP contribution in [0.4, 0.5) is 18.9 Å². The predicted octanol–water partition coefficient (Wildman–Crippen LogP) is 6.32. The number of alkyl halides is 3. The zero-order valence-corrected chi connectivity index (χ0v) is 25.2. The third kappa shape index (κ3) is 8.83. The van der Waals surface area contributed by atoms with E-state index in [1.807, 2.05) is 6.92 Å². The van der Waals surface area contributed by atoms with Gasteiger partial charge < -0.3 is 13.9 Å². The summed E-state index contributed by atoms with van der Waals surface area (Å²) < 4.78 is 84.8. The van der Waals surface area contributed by atoms with Gasteiger partial charge in [0, 0.05) is 24.2 Å². The number of nitrogens with zero attached hydrogens (tertiary/aromatic N) is 2. The molecule has 1 N–H and O–H groups in total. The van der Waals surface area contributed by atoms with E-state index in [9.17, 15) is 26.4 Å². The summed E-state index contributed by atoms with van der Waals surface area (Å²) in [6, 6.07) is 18.2. The highest BCUT2D eigenvalue weighted by molar-refractivity contribution is 7.90. The maximum atomic E-state index is 13.2. The van der Waals surface area contributed by atoms with Crippen LogP contribution in [-0.4, -0.2) is 43.4 Å². The van der Waals surface area contributed by atoms with E-state index in [-0.39, 0.29) is 25.6 Å². The molecule has 0 atom stereocenters. The number of halogens is 3. The van der Waals surface area contributed by atoms with Gasteiger partial charge in [-0.05, 0) is 74.9 Å². The number of nitrogens with one attached hydrogen (secondary N) is 1. The fourth-order valence-electron chi connectivity index (χ4n) is 4.16. The smallest absolute Gasteiger partial charge is 0.416 e. The van der Waals surface area contributed by atoms with E-state index < -0.39 is 34.5 Å². The van der Waals surface area contributed by atoms with Crippen molar-refractivity contribution in [3.63, 3.8) is 0 Å². The lowest BCUT2D eigenvalue weighted by Gasteiger charge is -2.22. The van der Waals surface area contributed by atoms with Crippen molar-refractivity contribution >= 4 is 21.9 Å². The van der Waals surface area contributed by atoms with E-state index >= 15 is 0 Å². The molecule has 0 unspecified atom stereocenters. The molecule has 0 bridgehead atoms. The van der Waals surface area contributed by atoms with Gasteiger partial charge in [-0.25, -0.2) is 4.98 Å². The molecule has 3 aromatic carbocycles. The van der Waals surface area contributed by atoms with Gasteiger partial charge in [-0.3, -0.25) is 9.52 Å². The molecule has 0 saturated carbocycles. The Hall–Kier alpha value is -4.36. The lowest BCUT2D eigenvalue weighted by Crippen LogP contribution is -2.39. The molecule has 1 aromatic heterocycles. The molecule has 0 aliphatic rings. The number of hydrogen-bond acceptors (Lipinski definition) is 7. The van der Waals surface area contributed by atoms with Gasteiger partial charge in [-0.15, -0.1) is 0 Å². The lowest BCUT2D eigenvalue weighted by molar-refractivity contribution is -0.143. The number of carbonyl (C=O) groups excluding carboxylic acids is 1. The average molecular weight is 632 g/mol. The molecule has 0 saturated heterocycles. The number of hydrogen-bond donors (Lipinski definition) is 1. The first-order chi connectivity index (χ1) is 20.8. The van der Waals surface area contributed by atoms with E-state index in [0.717, 1.165) is 22.0 Å². The van der Waals surface area contributed by atoms with Crippen LogP contribution in [0.15, 0.2) is 77.2 Å². The number of esters is 1. The molecule has 234 valence electrons. The van der Waals surface area contributed by atoms with Crippen molar-refractivity contribution in [1.82, 2.24) is 9.29 Å². The Morgan fingerprint density at radius 2 is 1.64 bits per heavy atom. The molecular formula is C31H32F3N3O6S.